The standard InChI is InChI=1S/C11H15N5O3/c1-18-6-4-15(7-10-3-2-5-19-10)11(17)8-16-9-12-13-14-16/h2-3,5,9H,4,6-8H2,1H3. The molecule has 2 rings (SSSR count). The largest absolute Gasteiger partial charge is 0.467 e. The highest BCUT2D eigenvalue weighted by Crippen LogP contribution is 2.06. The minimum Gasteiger partial charge on any atom is -0.467 e. The summed E-state index contributed by atoms with van der Waals surface area (Å²) >= 11 is 0. The van der Waals surface area contributed by atoms with Gasteiger partial charge in [-0.2, -0.15) is 0 Å². The molecule has 0 N–H and O–H groups in total. The Morgan fingerprint density at radius 2 is 2.47 bits per heavy atom. The Balaban J connectivity index is 1.97. The van der Waals surface area contributed by atoms with E-state index in [0.717, 1.165) is 5.76 Å². The van der Waals surface area contributed by atoms with Crippen molar-refractivity contribution in [3.05, 3.63) is 30.5 Å². The van der Waals surface area contributed by atoms with Crippen molar-refractivity contribution in [2.45, 2.75) is 13.1 Å². The summed E-state index contributed by atoms with van der Waals surface area (Å²) in [6, 6.07) is 3.61. The molecular formula is C11H15N5O3. The number of carbonyl (C=O) groups is 1. The number of hydrogen-bond donors (Lipinski definition) is 0. The molecule has 1 amide bonds. The summed E-state index contributed by atoms with van der Waals surface area (Å²) in [7, 11) is 1.59. The molecule has 0 aromatic carbocycles. The Hall–Kier alpha value is -2.22. The maximum absolute atomic E-state index is 12.2. The van der Waals surface area contributed by atoms with Gasteiger partial charge in [0.25, 0.3) is 0 Å². The van der Waals surface area contributed by atoms with Crippen LogP contribution in [-0.4, -0.2) is 51.3 Å². The Bertz CT molecular complexity index is 482. The van der Waals surface area contributed by atoms with Gasteiger partial charge in [0, 0.05) is 13.7 Å². The number of tetrazole rings is 1. The normalized spacial score (nSPS) is 10.6. The van der Waals surface area contributed by atoms with E-state index in [1.807, 2.05) is 6.07 Å². The van der Waals surface area contributed by atoms with Crippen LogP contribution in [0.5, 0.6) is 0 Å². The molecule has 8 heteroatoms. The number of carbonyl (C=O) groups excluding carboxylic acids is 1. The van der Waals surface area contributed by atoms with Crippen LogP contribution in [0, 0.1) is 0 Å². The van der Waals surface area contributed by atoms with Gasteiger partial charge in [-0.25, -0.2) is 4.68 Å². The van der Waals surface area contributed by atoms with Crippen molar-refractivity contribution in [2.24, 2.45) is 0 Å². The molecule has 19 heavy (non-hydrogen) atoms. The first kappa shape index (κ1) is 13.2. The first-order chi connectivity index (χ1) is 9.29. The van der Waals surface area contributed by atoms with E-state index in [9.17, 15) is 4.79 Å². The average molecular weight is 265 g/mol. The van der Waals surface area contributed by atoms with Crippen molar-refractivity contribution >= 4 is 5.91 Å². The molecule has 0 radical (unpaired) electrons. The van der Waals surface area contributed by atoms with Gasteiger partial charge in [-0.15, -0.1) is 5.10 Å². The quantitative estimate of drug-likeness (QED) is 0.697. The van der Waals surface area contributed by atoms with Gasteiger partial charge >= 0.3 is 0 Å². The van der Waals surface area contributed by atoms with Gasteiger partial charge in [0.2, 0.25) is 5.91 Å². The highest BCUT2D eigenvalue weighted by molar-refractivity contribution is 5.75. The van der Waals surface area contributed by atoms with Crippen LogP contribution < -0.4 is 0 Å². The van der Waals surface area contributed by atoms with E-state index >= 15 is 0 Å². The lowest BCUT2D eigenvalue weighted by atomic mass is 10.3. The molecule has 0 saturated carbocycles. The fourth-order valence-corrected chi connectivity index (χ4v) is 1.58. The van der Waals surface area contributed by atoms with Crippen molar-refractivity contribution in [1.82, 2.24) is 25.1 Å². The number of aromatic nitrogens is 4. The molecular weight excluding hydrogens is 250 g/mol. The summed E-state index contributed by atoms with van der Waals surface area (Å²) in [5.41, 5.74) is 0. The van der Waals surface area contributed by atoms with Gasteiger partial charge in [0.1, 0.15) is 18.6 Å². The highest BCUT2D eigenvalue weighted by Gasteiger charge is 2.16. The summed E-state index contributed by atoms with van der Waals surface area (Å²) in [4.78, 5) is 13.8. The van der Waals surface area contributed by atoms with Crippen LogP contribution in [0.15, 0.2) is 29.1 Å². The maximum Gasteiger partial charge on any atom is 0.244 e. The van der Waals surface area contributed by atoms with Gasteiger partial charge in [-0.3, -0.25) is 4.79 Å². The molecule has 0 aliphatic carbocycles. The molecule has 2 aromatic rings. The summed E-state index contributed by atoms with van der Waals surface area (Å²) in [6.45, 7) is 1.44. The van der Waals surface area contributed by atoms with Crippen molar-refractivity contribution in [1.29, 1.82) is 0 Å². The molecule has 8 nitrogen and oxygen atoms in total. The molecule has 2 heterocycles. The number of amides is 1. The zero-order valence-corrected chi connectivity index (χ0v) is 10.6. The lowest BCUT2D eigenvalue weighted by molar-refractivity contribution is -0.133. The van der Waals surface area contributed by atoms with E-state index < -0.39 is 0 Å². The molecule has 0 unspecified atom stereocenters. The third-order valence-electron chi connectivity index (χ3n) is 2.53. The Labute approximate surface area is 109 Å². The van der Waals surface area contributed by atoms with Crippen LogP contribution >= 0.6 is 0 Å². The van der Waals surface area contributed by atoms with Crippen LogP contribution in [0.1, 0.15) is 5.76 Å². The Kier molecular flexibility index (Phi) is 4.62. The number of nitrogens with zero attached hydrogens (tertiary/aromatic N) is 5. The second-order valence-electron chi connectivity index (χ2n) is 3.89. The maximum atomic E-state index is 12.2. The van der Waals surface area contributed by atoms with Gasteiger partial charge < -0.3 is 14.1 Å². The monoisotopic (exact) mass is 265 g/mol. The third-order valence-corrected chi connectivity index (χ3v) is 2.53. The van der Waals surface area contributed by atoms with Crippen LogP contribution in [0.3, 0.4) is 0 Å². The Morgan fingerprint density at radius 3 is 3.11 bits per heavy atom. The number of furan rings is 1. The predicted molar refractivity (Wildman–Crippen MR) is 63.8 cm³/mol. The van der Waals surface area contributed by atoms with E-state index in [1.165, 1.54) is 11.0 Å². The van der Waals surface area contributed by atoms with Crippen molar-refractivity contribution in [3.63, 3.8) is 0 Å². The highest BCUT2D eigenvalue weighted by atomic mass is 16.5. The van der Waals surface area contributed by atoms with Gasteiger partial charge in [-0.05, 0) is 22.6 Å². The molecule has 0 fully saturated rings. The fraction of sp³-hybridized carbons (Fsp3) is 0.455. The number of ether oxygens (including phenoxy) is 1. The molecule has 0 bridgehead atoms. The molecule has 0 saturated heterocycles. The first-order valence-electron chi connectivity index (χ1n) is 5.79. The first-order valence-corrected chi connectivity index (χ1v) is 5.79. The Morgan fingerprint density at radius 1 is 1.58 bits per heavy atom. The van der Waals surface area contributed by atoms with Gasteiger partial charge in [0.15, 0.2) is 0 Å². The SMILES string of the molecule is COCCN(Cc1ccco1)C(=O)Cn1cnnn1. The minimum atomic E-state index is -0.0965. The summed E-state index contributed by atoms with van der Waals surface area (Å²) in [5, 5.41) is 10.7. The number of hydrogen-bond acceptors (Lipinski definition) is 6. The predicted octanol–water partition coefficient (Wildman–Crippen LogP) is -0.0587. The van der Waals surface area contributed by atoms with Crippen molar-refractivity contribution in [3.8, 4) is 0 Å². The summed E-state index contributed by atoms with van der Waals surface area (Å²) in [6.07, 6.45) is 2.98. The molecule has 0 aliphatic rings. The zero-order valence-electron chi connectivity index (χ0n) is 10.6. The summed E-state index contributed by atoms with van der Waals surface area (Å²) in [5.74, 6) is 0.627. The topological polar surface area (TPSA) is 86.3 Å². The summed E-state index contributed by atoms with van der Waals surface area (Å²) < 4.78 is 11.6. The fourth-order valence-electron chi connectivity index (χ4n) is 1.58. The second kappa shape index (κ2) is 6.64. The van der Waals surface area contributed by atoms with E-state index in [2.05, 4.69) is 15.5 Å². The van der Waals surface area contributed by atoms with Crippen LogP contribution in [0.25, 0.3) is 0 Å². The smallest absolute Gasteiger partial charge is 0.244 e. The molecule has 102 valence electrons. The lowest BCUT2D eigenvalue weighted by Crippen LogP contribution is -2.36. The van der Waals surface area contributed by atoms with E-state index in [1.54, 1.807) is 24.3 Å². The van der Waals surface area contributed by atoms with E-state index in [4.69, 9.17) is 9.15 Å². The zero-order chi connectivity index (χ0) is 13.5. The lowest BCUT2D eigenvalue weighted by Gasteiger charge is -2.21. The van der Waals surface area contributed by atoms with E-state index in [-0.39, 0.29) is 12.5 Å². The van der Waals surface area contributed by atoms with Gasteiger partial charge in [-0.1, -0.05) is 0 Å². The van der Waals surface area contributed by atoms with Gasteiger partial charge in [0.05, 0.1) is 19.4 Å². The molecule has 0 spiro atoms. The molecule has 0 aliphatic heterocycles. The second-order valence-corrected chi connectivity index (χ2v) is 3.89. The number of rotatable bonds is 7. The number of methoxy groups -OCH3 is 1. The molecule has 0 atom stereocenters. The third kappa shape index (κ3) is 3.88. The van der Waals surface area contributed by atoms with Crippen molar-refractivity contribution < 1.29 is 13.9 Å². The van der Waals surface area contributed by atoms with Crippen LogP contribution in [0.2, 0.25) is 0 Å². The van der Waals surface area contributed by atoms with Crippen LogP contribution in [0.4, 0.5) is 0 Å². The van der Waals surface area contributed by atoms with Crippen molar-refractivity contribution in [2.75, 3.05) is 20.3 Å². The average Bonchev–Trinajstić information content (AvgIpc) is 3.07. The minimum absolute atomic E-state index is 0.0947. The van der Waals surface area contributed by atoms with Crippen LogP contribution in [-0.2, 0) is 22.6 Å². The molecule has 2 aromatic heterocycles. The van der Waals surface area contributed by atoms with E-state index in [0.29, 0.717) is 19.7 Å².